The molecule has 5 rings (SSSR count). The molecule has 0 aromatic heterocycles. The van der Waals surface area contributed by atoms with Gasteiger partial charge in [0.05, 0.1) is 13.2 Å². The molecular weight excluding hydrogens is 384 g/mol. The predicted octanol–water partition coefficient (Wildman–Crippen LogP) is 0.290. The zero-order valence-corrected chi connectivity index (χ0v) is 16.9. The average Bonchev–Trinajstić information content (AvgIpc) is 3.02. The first kappa shape index (κ1) is 19.7. The first-order valence-electron chi connectivity index (χ1n) is 10.8. The Morgan fingerprint density at radius 3 is 2.67 bits per heavy atom. The number of carbonyl (C=O) groups is 3. The summed E-state index contributed by atoms with van der Waals surface area (Å²) in [5, 5.41) is 6.03. The van der Waals surface area contributed by atoms with Crippen molar-refractivity contribution in [2.24, 2.45) is 17.6 Å². The Bertz CT molecular complexity index is 874. The summed E-state index contributed by atoms with van der Waals surface area (Å²) in [6.07, 6.45) is 2.62. The van der Waals surface area contributed by atoms with Gasteiger partial charge in [-0.2, -0.15) is 0 Å². The molecule has 1 aromatic rings. The lowest BCUT2D eigenvalue weighted by molar-refractivity contribution is -0.136. The number of fused-ring (bicyclic) bond motifs is 3. The zero-order chi connectivity index (χ0) is 20.8. The number of nitrogens with zero attached hydrogens (tertiary/aromatic N) is 1. The molecule has 0 spiro atoms. The molecule has 160 valence electrons. The van der Waals surface area contributed by atoms with Crippen molar-refractivity contribution >= 4 is 17.7 Å². The number of hydrogen-bond donors (Lipinski definition) is 3. The van der Waals surface area contributed by atoms with Gasteiger partial charge < -0.3 is 20.7 Å². The number of carbonyl (C=O) groups excluding carboxylic acids is 3. The summed E-state index contributed by atoms with van der Waals surface area (Å²) in [5.41, 5.74) is 8.84. The van der Waals surface area contributed by atoms with Gasteiger partial charge in [-0.05, 0) is 48.3 Å². The summed E-state index contributed by atoms with van der Waals surface area (Å²) in [5.74, 6) is 0.0968. The molecule has 3 heterocycles. The van der Waals surface area contributed by atoms with Crippen molar-refractivity contribution in [3.8, 4) is 0 Å². The van der Waals surface area contributed by atoms with Crippen molar-refractivity contribution in [2.75, 3.05) is 13.2 Å². The highest BCUT2D eigenvalue weighted by Gasteiger charge is 2.41. The molecule has 8 heteroatoms. The third kappa shape index (κ3) is 3.53. The van der Waals surface area contributed by atoms with Gasteiger partial charge in [-0.25, -0.2) is 0 Å². The van der Waals surface area contributed by atoms with Crippen molar-refractivity contribution in [1.82, 2.24) is 15.5 Å². The fourth-order valence-corrected chi connectivity index (χ4v) is 5.55. The van der Waals surface area contributed by atoms with Gasteiger partial charge in [0.25, 0.3) is 5.91 Å². The van der Waals surface area contributed by atoms with E-state index in [1.165, 1.54) is 0 Å². The number of imide groups is 1. The van der Waals surface area contributed by atoms with Crippen LogP contribution in [0.25, 0.3) is 0 Å². The fraction of sp³-hybridized carbons (Fsp3) is 0.591. The van der Waals surface area contributed by atoms with Crippen LogP contribution in [0.2, 0.25) is 0 Å². The summed E-state index contributed by atoms with van der Waals surface area (Å²) >= 11 is 0. The highest BCUT2D eigenvalue weighted by Crippen LogP contribution is 2.34. The second kappa shape index (κ2) is 7.76. The Labute approximate surface area is 175 Å². The van der Waals surface area contributed by atoms with Crippen LogP contribution in [-0.4, -0.2) is 54.0 Å². The Hall–Kier alpha value is -2.29. The van der Waals surface area contributed by atoms with Crippen LogP contribution >= 0.6 is 0 Å². The monoisotopic (exact) mass is 412 g/mol. The van der Waals surface area contributed by atoms with Crippen molar-refractivity contribution in [2.45, 2.75) is 56.9 Å². The van der Waals surface area contributed by atoms with E-state index in [0.29, 0.717) is 43.0 Å². The molecule has 1 aromatic carbocycles. The number of nitrogens with one attached hydrogen (secondary N) is 2. The summed E-state index contributed by atoms with van der Waals surface area (Å²) in [6, 6.07) is 6.05. The van der Waals surface area contributed by atoms with E-state index in [2.05, 4.69) is 10.6 Å². The molecule has 0 radical (unpaired) electrons. The van der Waals surface area contributed by atoms with E-state index < -0.39 is 6.04 Å². The van der Waals surface area contributed by atoms with Crippen LogP contribution in [0.15, 0.2) is 18.2 Å². The van der Waals surface area contributed by atoms with Crippen LogP contribution < -0.4 is 16.4 Å². The highest BCUT2D eigenvalue weighted by molar-refractivity contribution is 6.05. The van der Waals surface area contributed by atoms with Gasteiger partial charge in [0.15, 0.2) is 0 Å². The van der Waals surface area contributed by atoms with Crippen molar-refractivity contribution in [1.29, 1.82) is 0 Å². The first-order valence-corrected chi connectivity index (χ1v) is 10.8. The van der Waals surface area contributed by atoms with Crippen LogP contribution in [0.5, 0.6) is 0 Å². The Morgan fingerprint density at radius 2 is 1.93 bits per heavy atom. The van der Waals surface area contributed by atoms with E-state index in [9.17, 15) is 14.4 Å². The van der Waals surface area contributed by atoms with Gasteiger partial charge >= 0.3 is 0 Å². The Morgan fingerprint density at radius 1 is 1.17 bits per heavy atom. The molecule has 3 atom stereocenters. The summed E-state index contributed by atoms with van der Waals surface area (Å²) in [7, 11) is 0. The SMILES string of the molecule is NC1CC2COCC(C1)C2NCc1ccc2c(c1)C(=O)N(C1CCC(=O)NC1=O)C2. The lowest BCUT2D eigenvalue weighted by Crippen LogP contribution is -2.55. The van der Waals surface area contributed by atoms with Crippen LogP contribution in [0.3, 0.4) is 0 Å². The maximum absolute atomic E-state index is 13.0. The van der Waals surface area contributed by atoms with Crippen molar-refractivity contribution in [3.05, 3.63) is 34.9 Å². The zero-order valence-electron chi connectivity index (χ0n) is 16.9. The smallest absolute Gasteiger partial charge is 0.255 e. The minimum atomic E-state index is -0.574. The van der Waals surface area contributed by atoms with Gasteiger partial charge in [-0.15, -0.1) is 0 Å². The van der Waals surface area contributed by atoms with Crippen LogP contribution in [0.4, 0.5) is 0 Å². The van der Waals surface area contributed by atoms with Gasteiger partial charge in [-0.1, -0.05) is 12.1 Å². The standard InChI is InChI=1S/C22H28N4O4/c23-16-6-14-10-30-11-15(7-16)20(14)24-8-12-1-2-13-9-26(22(29)17(13)5-12)18-3-4-19(27)25-21(18)28/h1-2,5,14-16,18,20,24H,3-4,6-11,23H2,(H,25,27,28). The maximum atomic E-state index is 13.0. The number of nitrogens with two attached hydrogens (primary N) is 1. The largest absolute Gasteiger partial charge is 0.381 e. The van der Waals surface area contributed by atoms with Gasteiger partial charge in [-0.3, -0.25) is 19.7 Å². The summed E-state index contributed by atoms with van der Waals surface area (Å²) in [4.78, 5) is 38.2. The molecule has 3 aliphatic heterocycles. The molecule has 2 saturated heterocycles. The quantitative estimate of drug-likeness (QED) is 0.613. The van der Waals surface area contributed by atoms with Crippen LogP contribution in [-0.2, 0) is 27.4 Å². The normalized spacial score (nSPS) is 33.4. The predicted molar refractivity (Wildman–Crippen MR) is 108 cm³/mol. The molecule has 2 bridgehead atoms. The number of benzene rings is 1. The number of ether oxygens (including phenoxy) is 1. The third-order valence-electron chi connectivity index (χ3n) is 7.03. The molecule has 30 heavy (non-hydrogen) atoms. The van der Waals surface area contributed by atoms with E-state index in [1.54, 1.807) is 4.90 Å². The van der Waals surface area contributed by atoms with Gasteiger partial charge in [0.1, 0.15) is 6.04 Å². The molecule has 3 fully saturated rings. The first-order chi connectivity index (χ1) is 14.5. The second-order valence-corrected chi connectivity index (χ2v) is 9.09. The van der Waals surface area contributed by atoms with Crippen molar-refractivity contribution in [3.63, 3.8) is 0 Å². The van der Waals surface area contributed by atoms with Gasteiger partial charge in [0.2, 0.25) is 11.8 Å². The lowest BCUT2D eigenvalue weighted by Gasteiger charge is -2.45. The van der Waals surface area contributed by atoms with Crippen LogP contribution in [0.1, 0.15) is 47.2 Å². The molecule has 1 aliphatic carbocycles. The topological polar surface area (TPSA) is 114 Å². The minimum absolute atomic E-state index is 0.129. The number of amides is 3. The molecule has 3 unspecified atom stereocenters. The fourth-order valence-electron chi connectivity index (χ4n) is 5.55. The van der Waals surface area contributed by atoms with E-state index in [1.807, 2.05) is 18.2 Å². The number of hydrogen-bond acceptors (Lipinski definition) is 6. The molecule has 8 nitrogen and oxygen atoms in total. The number of piperidine rings is 1. The molecule has 4 N–H and O–H groups in total. The van der Waals surface area contributed by atoms with Gasteiger partial charge in [0, 0.05) is 37.2 Å². The van der Waals surface area contributed by atoms with Crippen LogP contribution in [0, 0.1) is 11.8 Å². The van der Waals surface area contributed by atoms with E-state index in [-0.39, 0.29) is 30.2 Å². The average molecular weight is 412 g/mol. The Balaban J connectivity index is 1.26. The number of rotatable bonds is 4. The summed E-state index contributed by atoms with van der Waals surface area (Å²) in [6.45, 7) is 2.61. The molecule has 4 aliphatic rings. The van der Waals surface area contributed by atoms with E-state index in [0.717, 1.165) is 37.2 Å². The Kier molecular flexibility index (Phi) is 5.08. The minimum Gasteiger partial charge on any atom is -0.381 e. The second-order valence-electron chi connectivity index (χ2n) is 9.09. The third-order valence-corrected chi connectivity index (χ3v) is 7.03. The lowest BCUT2D eigenvalue weighted by atomic mass is 9.73. The van der Waals surface area contributed by atoms with E-state index in [4.69, 9.17) is 10.5 Å². The summed E-state index contributed by atoms with van der Waals surface area (Å²) < 4.78 is 5.73. The molecular formula is C22H28N4O4. The van der Waals surface area contributed by atoms with E-state index >= 15 is 0 Å². The molecule has 1 saturated carbocycles. The highest BCUT2D eigenvalue weighted by atomic mass is 16.5. The maximum Gasteiger partial charge on any atom is 0.255 e. The molecule has 3 amide bonds. The van der Waals surface area contributed by atoms with Crippen molar-refractivity contribution < 1.29 is 19.1 Å².